The smallest absolute Gasteiger partial charge is 0.293 e. The zero-order chi connectivity index (χ0) is 20.0. The monoisotopic (exact) mass is 388 g/mol. The molecule has 1 aromatic carbocycles. The topological polar surface area (TPSA) is 66.8 Å². The van der Waals surface area contributed by atoms with Crippen molar-refractivity contribution in [3.63, 3.8) is 0 Å². The van der Waals surface area contributed by atoms with Crippen LogP contribution in [0.15, 0.2) is 12.1 Å². The number of hydrogen-bond donors (Lipinski definition) is 2. The summed E-state index contributed by atoms with van der Waals surface area (Å²) in [5.41, 5.74) is 2.05. The Morgan fingerprint density at radius 2 is 1.61 bits per heavy atom. The van der Waals surface area contributed by atoms with Crippen LogP contribution >= 0.6 is 0 Å². The van der Waals surface area contributed by atoms with Gasteiger partial charge in [-0.25, -0.2) is 0 Å². The Balaban J connectivity index is 1.39. The van der Waals surface area contributed by atoms with Crippen LogP contribution in [0.3, 0.4) is 0 Å². The first-order chi connectivity index (χ1) is 13.5. The largest absolute Gasteiger partial charge is 0.508 e. The van der Waals surface area contributed by atoms with E-state index in [0.29, 0.717) is 23.9 Å². The van der Waals surface area contributed by atoms with Crippen LogP contribution in [0.1, 0.15) is 95.1 Å². The summed E-state index contributed by atoms with van der Waals surface area (Å²) >= 11 is 0. The first-order valence-electron chi connectivity index (χ1n) is 11.1. The minimum Gasteiger partial charge on any atom is -0.508 e. The van der Waals surface area contributed by atoms with Gasteiger partial charge in [-0.05, 0) is 87.7 Å². The third-order valence-electron chi connectivity index (χ3n) is 6.84. The van der Waals surface area contributed by atoms with Crippen molar-refractivity contribution in [1.29, 1.82) is 0 Å². The summed E-state index contributed by atoms with van der Waals surface area (Å²) in [5.74, 6) is 0.458. The molecule has 2 aliphatic rings. The molecule has 4 heteroatoms. The summed E-state index contributed by atoms with van der Waals surface area (Å²) in [5, 5.41) is 20.8. The van der Waals surface area contributed by atoms with E-state index in [0.717, 1.165) is 50.5 Å². The molecule has 0 amide bonds. The first-order valence-corrected chi connectivity index (χ1v) is 11.1. The second-order valence-electron chi connectivity index (χ2n) is 9.40. The molecule has 3 rings (SSSR count). The minimum absolute atomic E-state index is 0.184. The van der Waals surface area contributed by atoms with Crippen LogP contribution in [-0.4, -0.2) is 22.3 Å². The lowest BCUT2D eigenvalue weighted by Crippen LogP contribution is -2.12. The molecule has 0 aromatic heterocycles. The van der Waals surface area contributed by atoms with E-state index in [9.17, 15) is 15.0 Å². The number of rotatable bonds is 14. The highest BCUT2D eigenvalue weighted by Gasteiger charge is 2.44. The maximum atomic E-state index is 10.6. The zero-order valence-electron chi connectivity index (χ0n) is 17.3. The van der Waals surface area contributed by atoms with Crippen molar-refractivity contribution >= 4 is 6.47 Å². The normalized spacial score (nSPS) is 18.6. The van der Waals surface area contributed by atoms with Gasteiger partial charge in [-0.1, -0.05) is 32.3 Å². The van der Waals surface area contributed by atoms with Crippen molar-refractivity contribution in [3.05, 3.63) is 23.3 Å². The van der Waals surface area contributed by atoms with E-state index >= 15 is 0 Å². The van der Waals surface area contributed by atoms with Crippen molar-refractivity contribution in [2.75, 3.05) is 0 Å². The predicted molar refractivity (Wildman–Crippen MR) is 111 cm³/mol. The van der Waals surface area contributed by atoms with Crippen LogP contribution in [0.2, 0.25) is 0 Å². The number of carbonyl (C=O) groups excluding carboxylic acids is 1. The summed E-state index contributed by atoms with van der Waals surface area (Å²) in [6, 6.07) is 3.58. The van der Waals surface area contributed by atoms with Gasteiger partial charge in [-0.2, -0.15) is 0 Å². The second kappa shape index (κ2) is 9.19. The number of carbonyl (C=O) groups is 1. The van der Waals surface area contributed by atoms with Crippen LogP contribution in [-0.2, 0) is 22.4 Å². The van der Waals surface area contributed by atoms with Gasteiger partial charge in [0.25, 0.3) is 6.47 Å². The number of hydrogen-bond acceptors (Lipinski definition) is 4. The van der Waals surface area contributed by atoms with Crippen LogP contribution < -0.4 is 0 Å². The molecular formula is C24H36O4. The van der Waals surface area contributed by atoms with E-state index in [1.165, 1.54) is 38.5 Å². The van der Waals surface area contributed by atoms with E-state index in [1.807, 2.05) is 6.07 Å². The number of ether oxygens (including phenoxy) is 1. The maximum Gasteiger partial charge on any atom is 0.293 e. The summed E-state index contributed by atoms with van der Waals surface area (Å²) in [6.07, 6.45) is 15.1. The second-order valence-corrected chi connectivity index (χ2v) is 9.40. The summed E-state index contributed by atoms with van der Waals surface area (Å²) in [7, 11) is 0. The van der Waals surface area contributed by atoms with Gasteiger partial charge in [-0.3, -0.25) is 4.79 Å². The Kier molecular flexibility index (Phi) is 6.90. The number of phenolic OH excluding ortho intramolecular Hbond substituents is 2. The molecule has 28 heavy (non-hydrogen) atoms. The van der Waals surface area contributed by atoms with Gasteiger partial charge in [0.05, 0.1) is 0 Å². The molecule has 0 saturated heterocycles. The lowest BCUT2D eigenvalue weighted by molar-refractivity contribution is -0.135. The predicted octanol–water partition coefficient (Wildman–Crippen LogP) is 5.81. The molecule has 2 saturated carbocycles. The van der Waals surface area contributed by atoms with Gasteiger partial charge in [0, 0.05) is 5.56 Å². The van der Waals surface area contributed by atoms with Gasteiger partial charge in [0.2, 0.25) is 0 Å². The molecule has 2 fully saturated rings. The molecule has 0 unspecified atom stereocenters. The lowest BCUT2D eigenvalue weighted by atomic mass is 9.96. The van der Waals surface area contributed by atoms with Crippen molar-refractivity contribution in [2.24, 2.45) is 5.41 Å². The minimum atomic E-state index is -0.218. The van der Waals surface area contributed by atoms with Gasteiger partial charge < -0.3 is 14.9 Å². The molecular weight excluding hydrogens is 352 g/mol. The molecule has 0 spiro atoms. The molecule has 156 valence electrons. The Bertz CT molecular complexity index is 659. The van der Waals surface area contributed by atoms with Gasteiger partial charge in [0.1, 0.15) is 17.1 Å². The van der Waals surface area contributed by atoms with Gasteiger partial charge in [0.15, 0.2) is 0 Å². The van der Waals surface area contributed by atoms with Gasteiger partial charge in [-0.15, -0.1) is 0 Å². The average molecular weight is 389 g/mol. The van der Waals surface area contributed by atoms with E-state index in [2.05, 4.69) is 6.92 Å². The van der Waals surface area contributed by atoms with Crippen LogP contribution in [0.5, 0.6) is 11.5 Å². The molecule has 0 bridgehead atoms. The Morgan fingerprint density at radius 3 is 2.29 bits per heavy atom. The third-order valence-corrected chi connectivity index (χ3v) is 6.84. The average Bonchev–Trinajstić information content (AvgIpc) is 3.58. The van der Waals surface area contributed by atoms with Crippen molar-refractivity contribution in [2.45, 2.75) is 102 Å². The molecule has 0 heterocycles. The molecule has 4 nitrogen and oxygen atoms in total. The van der Waals surface area contributed by atoms with E-state index in [4.69, 9.17) is 4.74 Å². The molecule has 2 aliphatic carbocycles. The van der Waals surface area contributed by atoms with Gasteiger partial charge >= 0.3 is 0 Å². The standard InChI is InChI=1S/C24H36O4/c1-23(14-15-23)12-6-3-2-4-8-19-10-11-21(26)20(22(19)27)9-5-7-13-24(16-17-24)28-18-25/h10-11,18,26-27H,2-9,12-17H2,1H3. The third kappa shape index (κ3) is 5.89. The van der Waals surface area contributed by atoms with Crippen molar-refractivity contribution < 1.29 is 19.7 Å². The number of phenols is 2. The highest BCUT2D eigenvalue weighted by molar-refractivity contribution is 5.48. The number of benzene rings is 1. The van der Waals surface area contributed by atoms with E-state index in [-0.39, 0.29) is 17.1 Å². The number of aryl methyl sites for hydroxylation is 1. The molecule has 2 N–H and O–H groups in total. The molecule has 0 radical (unpaired) electrons. The van der Waals surface area contributed by atoms with Crippen molar-refractivity contribution in [1.82, 2.24) is 0 Å². The Morgan fingerprint density at radius 1 is 0.929 bits per heavy atom. The molecule has 0 atom stereocenters. The molecule has 0 aliphatic heterocycles. The fourth-order valence-electron chi connectivity index (χ4n) is 4.22. The number of aromatic hydroxyl groups is 2. The number of unbranched alkanes of at least 4 members (excludes halogenated alkanes) is 4. The van der Waals surface area contributed by atoms with Crippen LogP contribution in [0, 0.1) is 5.41 Å². The SMILES string of the molecule is CC1(CCCCCCc2ccc(O)c(CCCCC3(OC=O)CC3)c2O)CC1. The lowest BCUT2D eigenvalue weighted by Gasteiger charge is -2.14. The van der Waals surface area contributed by atoms with Crippen molar-refractivity contribution in [3.8, 4) is 11.5 Å². The fraction of sp³-hybridized carbons (Fsp3) is 0.708. The highest BCUT2D eigenvalue weighted by atomic mass is 16.5. The Hall–Kier alpha value is -1.71. The van der Waals surface area contributed by atoms with E-state index < -0.39 is 0 Å². The summed E-state index contributed by atoms with van der Waals surface area (Å²) in [6.45, 7) is 2.95. The van der Waals surface area contributed by atoms with Crippen LogP contribution in [0.25, 0.3) is 0 Å². The zero-order valence-corrected chi connectivity index (χ0v) is 17.3. The Labute approximate surface area is 169 Å². The van der Waals surface area contributed by atoms with Crippen LogP contribution in [0.4, 0.5) is 0 Å². The first kappa shape index (κ1) is 21.0. The maximum absolute atomic E-state index is 10.6. The highest BCUT2D eigenvalue weighted by Crippen LogP contribution is 2.49. The molecule has 1 aromatic rings. The van der Waals surface area contributed by atoms with E-state index in [1.54, 1.807) is 6.07 Å². The quantitative estimate of drug-likeness (QED) is 0.312. The summed E-state index contributed by atoms with van der Waals surface area (Å²) in [4.78, 5) is 10.5. The fourth-order valence-corrected chi connectivity index (χ4v) is 4.22. The summed E-state index contributed by atoms with van der Waals surface area (Å²) < 4.78 is 5.17.